The van der Waals surface area contributed by atoms with E-state index in [1.807, 2.05) is 0 Å². The highest BCUT2D eigenvalue weighted by Gasteiger charge is 2.36. The van der Waals surface area contributed by atoms with Crippen molar-refractivity contribution in [2.75, 3.05) is 60.0 Å². The third-order valence-electron chi connectivity index (χ3n) is 4.03. The second-order valence-electron chi connectivity index (χ2n) is 6.92. The zero-order valence-electron chi connectivity index (χ0n) is 14.2. The molecule has 4 heteroatoms. The van der Waals surface area contributed by atoms with Crippen molar-refractivity contribution < 1.29 is 4.74 Å². The van der Waals surface area contributed by atoms with Crippen molar-refractivity contribution in [3.8, 4) is 0 Å². The second-order valence-corrected chi connectivity index (χ2v) is 6.92. The van der Waals surface area contributed by atoms with E-state index >= 15 is 0 Å². The van der Waals surface area contributed by atoms with E-state index in [1.165, 1.54) is 19.4 Å². The van der Waals surface area contributed by atoms with E-state index in [-0.39, 0.29) is 0 Å². The van der Waals surface area contributed by atoms with Crippen molar-refractivity contribution in [1.82, 2.24) is 15.1 Å². The fourth-order valence-electron chi connectivity index (χ4n) is 2.79. The molecule has 1 atom stereocenters. The van der Waals surface area contributed by atoms with Crippen LogP contribution in [0.4, 0.5) is 0 Å². The molecular weight excluding hydrogens is 250 g/mol. The summed E-state index contributed by atoms with van der Waals surface area (Å²) < 4.78 is 5.72. The van der Waals surface area contributed by atoms with Crippen LogP contribution in [-0.4, -0.2) is 75.9 Å². The van der Waals surface area contributed by atoms with Crippen LogP contribution in [0.15, 0.2) is 0 Å². The molecule has 1 aliphatic rings. The lowest BCUT2D eigenvalue weighted by atomic mass is 9.86. The highest BCUT2D eigenvalue weighted by atomic mass is 16.5. The van der Waals surface area contributed by atoms with E-state index in [0.717, 1.165) is 39.4 Å². The minimum Gasteiger partial charge on any atom is -0.381 e. The molecule has 0 radical (unpaired) electrons. The van der Waals surface area contributed by atoms with Crippen LogP contribution in [-0.2, 0) is 4.74 Å². The molecule has 4 nitrogen and oxygen atoms in total. The molecule has 0 aromatic rings. The summed E-state index contributed by atoms with van der Waals surface area (Å²) in [6, 6.07) is 0.550. The van der Waals surface area contributed by atoms with Crippen molar-refractivity contribution in [2.45, 2.75) is 39.7 Å². The lowest BCUT2D eigenvalue weighted by Gasteiger charge is -2.35. The molecule has 1 saturated heterocycles. The Kier molecular flexibility index (Phi) is 8.03. The number of hydrogen-bond acceptors (Lipinski definition) is 4. The van der Waals surface area contributed by atoms with E-state index in [9.17, 15) is 0 Å². The van der Waals surface area contributed by atoms with Gasteiger partial charge < -0.3 is 19.9 Å². The van der Waals surface area contributed by atoms with Gasteiger partial charge in [-0.3, -0.25) is 0 Å². The van der Waals surface area contributed by atoms with E-state index in [4.69, 9.17) is 4.74 Å². The van der Waals surface area contributed by atoms with Crippen molar-refractivity contribution in [2.24, 2.45) is 5.41 Å². The molecule has 1 unspecified atom stereocenters. The zero-order chi connectivity index (χ0) is 15.0. The number of hydrogen-bond donors (Lipinski definition) is 1. The number of nitrogens with one attached hydrogen (secondary N) is 1. The van der Waals surface area contributed by atoms with Gasteiger partial charge in [0.2, 0.25) is 0 Å². The quantitative estimate of drug-likeness (QED) is 0.661. The molecule has 0 amide bonds. The smallest absolute Gasteiger partial charge is 0.0547 e. The number of likely N-dealkylation sites (N-methyl/N-ethyl adjacent to an activating group) is 1. The maximum Gasteiger partial charge on any atom is 0.0547 e. The van der Waals surface area contributed by atoms with Crippen LogP contribution in [0.1, 0.15) is 33.6 Å². The van der Waals surface area contributed by atoms with E-state index < -0.39 is 0 Å². The van der Waals surface area contributed by atoms with Gasteiger partial charge in [0.05, 0.1) is 6.61 Å². The summed E-state index contributed by atoms with van der Waals surface area (Å²) in [6.45, 7) is 14.3. The summed E-state index contributed by atoms with van der Waals surface area (Å²) >= 11 is 0. The summed E-state index contributed by atoms with van der Waals surface area (Å²) in [4.78, 5) is 4.89. The first-order valence-corrected chi connectivity index (χ1v) is 8.15. The molecule has 0 bridgehead atoms. The highest BCUT2D eigenvalue weighted by molar-refractivity contribution is 4.89. The normalized spacial score (nSPS) is 23.4. The highest BCUT2D eigenvalue weighted by Crippen LogP contribution is 2.29. The minimum absolute atomic E-state index is 0.311. The van der Waals surface area contributed by atoms with Gasteiger partial charge in [-0.1, -0.05) is 20.8 Å². The maximum absolute atomic E-state index is 5.72. The SMILES string of the molecule is CCCN(CCN(C)C)CC1(CNC(C)C)CCOC1. The van der Waals surface area contributed by atoms with E-state index in [1.54, 1.807) is 0 Å². The van der Waals surface area contributed by atoms with Gasteiger partial charge in [-0.2, -0.15) is 0 Å². The zero-order valence-corrected chi connectivity index (χ0v) is 14.2. The van der Waals surface area contributed by atoms with Crippen LogP contribution < -0.4 is 5.32 Å². The van der Waals surface area contributed by atoms with Crippen LogP contribution in [0.2, 0.25) is 0 Å². The first-order valence-electron chi connectivity index (χ1n) is 8.15. The van der Waals surface area contributed by atoms with E-state index in [2.05, 4.69) is 50.0 Å². The molecule has 1 fully saturated rings. The van der Waals surface area contributed by atoms with Crippen molar-refractivity contribution in [3.63, 3.8) is 0 Å². The Labute approximate surface area is 125 Å². The van der Waals surface area contributed by atoms with Gasteiger partial charge in [-0.05, 0) is 33.5 Å². The second kappa shape index (κ2) is 8.98. The molecular formula is C16H35N3O. The molecule has 1 rings (SSSR count). The average molecular weight is 285 g/mol. The standard InChI is InChI=1S/C16H35N3O/c1-6-8-19(10-9-18(4)5)13-16(7-11-20-14-16)12-17-15(2)3/h15,17H,6-14H2,1-5H3. The molecule has 0 aliphatic carbocycles. The molecule has 1 N–H and O–H groups in total. The predicted octanol–water partition coefficient (Wildman–Crippen LogP) is 1.66. The van der Waals surface area contributed by atoms with Crippen molar-refractivity contribution in [3.05, 3.63) is 0 Å². The van der Waals surface area contributed by atoms with Crippen LogP contribution in [0.3, 0.4) is 0 Å². The lowest BCUT2D eigenvalue weighted by Crippen LogP contribution is -2.47. The lowest BCUT2D eigenvalue weighted by molar-refractivity contribution is 0.103. The predicted molar refractivity (Wildman–Crippen MR) is 86.3 cm³/mol. The van der Waals surface area contributed by atoms with Gasteiger partial charge in [0, 0.05) is 44.2 Å². The summed E-state index contributed by atoms with van der Waals surface area (Å²) in [7, 11) is 4.30. The Hall–Kier alpha value is -0.160. The average Bonchev–Trinajstić information content (AvgIpc) is 2.83. The molecule has 1 heterocycles. The summed E-state index contributed by atoms with van der Waals surface area (Å²) in [6.07, 6.45) is 2.41. The van der Waals surface area contributed by atoms with Gasteiger partial charge in [-0.15, -0.1) is 0 Å². The van der Waals surface area contributed by atoms with Gasteiger partial charge in [0.1, 0.15) is 0 Å². The molecule has 0 aromatic heterocycles. The fraction of sp³-hybridized carbons (Fsp3) is 1.00. The first kappa shape index (κ1) is 17.9. The Bertz CT molecular complexity index is 250. The van der Waals surface area contributed by atoms with Crippen LogP contribution in [0.5, 0.6) is 0 Å². The van der Waals surface area contributed by atoms with E-state index in [0.29, 0.717) is 11.5 Å². The Morgan fingerprint density at radius 3 is 2.45 bits per heavy atom. The van der Waals surface area contributed by atoms with Gasteiger partial charge in [0.25, 0.3) is 0 Å². The largest absolute Gasteiger partial charge is 0.381 e. The molecule has 0 spiro atoms. The third kappa shape index (κ3) is 6.53. The molecule has 1 aliphatic heterocycles. The Balaban J connectivity index is 2.55. The first-order chi connectivity index (χ1) is 9.47. The summed E-state index contributed by atoms with van der Waals surface area (Å²) in [5.74, 6) is 0. The number of rotatable bonds is 10. The fourth-order valence-corrected chi connectivity index (χ4v) is 2.79. The van der Waals surface area contributed by atoms with Gasteiger partial charge in [0.15, 0.2) is 0 Å². The monoisotopic (exact) mass is 285 g/mol. The molecule has 0 saturated carbocycles. The summed E-state index contributed by atoms with van der Waals surface area (Å²) in [5.41, 5.74) is 0.311. The molecule has 0 aromatic carbocycles. The Morgan fingerprint density at radius 2 is 1.95 bits per heavy atom. The van der Waals surface area contributed by atoms with Gasteiger partial charge in [-0.25, -0.2) is 0 Å². The Morgan fingerprint density at radius 1 is 1.20 bits per heavy atom. The number of ether oxygens (including phenoxy) is 1. The van der Waals surface area contributed by atoms with Crippen LogP contribution in [0.25, 0.3) is 0 Å². The van der Waals surface area contributed by atoms with Crippen LogP contribution in [0, 0.1) is 5.41 Å². The molecule has 20 heavy (non-hydrogen) atoms. The summed E-state index contributed by atoms with van der Waals surface area (Å²) in [5, 5.41) is 3.62. The third-order valence-corrected chi connectivity index (χ3v) is 4.03. The van der Waals surface area contributed by atoms with Crippen molar-refractivity contribution >= 4 is 0 Å². The maximum atomic E-state index is 5.72. The van der Waals surface area contributed by atoms with Gasteiger partial charge >= 0.3 is 0 Å². The van der Waals surface area contributed by atoms with Crippen LogP contribution >= 0.6 is 0 Å². The topological polar surface area (TPSA) is 27.7 Å². The number of nitrogens with zero attached hydrogens (tertiary/aromatic N) is 2. The van der Waals surface area contributed by atoms with Crippen molar-refractivity contribution in [1.29, 1.82) is 0 Å². The minimum atomic E-state index is 0.311. The molecule has 120 valence electrons.